The fourth-order valence-corrected chi connectivity index (χ4v) is 1.90. The molecular weight excluding hydrogens is 302 g/mol. The normalized spacial score (nSPS) is 10.0. The Morgan fingerprint density at radius 1 is 1.00 bits per heavy atom. The molecule has 0 unspecified atom stereocenters. The maximum absolute atomic E-state index is 12.2. The maximum Gasteiger partial charge on any atom is 0.360 e. The largest absolute Gasteiger partial charge is 0.465 e. The van der Waals surface area contributed by atoms with Gasteiger partial charge >= 0.3 is 11.9 Å². The first-order chi connectivity index (χ1) is 11.0. The minimum atomic E-state index is -0.651. The van der Waals surface area contributed by atoms with Gasteiger partial charge in [0, 0.05) is 18.8 Å². The Kier molecular flexibility index (Phi) is 4.75. The van der Waals surface area contributed by atoms with Crippen LogP contribution in [0.25, 0.3) is 0 Å². The van der Waals surface area contributed by atoms with Crippen molar-refractivity contribution in [1.29, 1.82) is 0 Å². The van der Waals surface area contributed by atoms with Crippen molar-refractivity contribution in [1.82, 2.24) is 9.78 Å². The summed E-state index contributed by atoms with van der Waals surface area (Å²) in [7, 11) is 4.13. The van der Waals surface area contributed by atoms with Crippen molar-refractivity contribution in [3.63, 3.8) is 0 Å². The molecule has 0 aliphatic heterocycles. The van der Waals surface area contributed by atoms with Crippen molar-refractivity contribution < 1.29 is 23.9 Å². The molecule has 0 saturated heterocycles. The Bertz CT molecular complexity index is 749. The molecule has 8 nitrogen and oxygen atoms in total. The molecule has 0 fully saturated rings. The van der Waals surface area contributed by atoms with Gasteiger partial charge in [-0.05, 0) is 24.3 Å². The van der Waals surface area contributed by atoms with Gasteiger partial charge in [-0.3, -0.25) is 9.48 Å². The fraction of sp³-hybridized carbons (Fsp3) is 0.200. The third kappa shape index (κ3) is 3.54. The van der Waals surface area contributed by atoms with Gasteiger partial charge in [-0.1, -0.05) is 0 Å². The fourth-order valence-electron chi connectivity index (χ4n) is 1.90. The zero-order valence-electron chi connectivity index (χ0n) is 12.8. The number of hydrogen-bond acceptors (Lipinski definition) is 6. The predicted molar refractivity (Wildman–Crippen MR) is 80.3 cm³/mol. The van der Waals surface area contributed by atoms with Crippen molar-refractivity contribution in [2.24, 2.45) is 7.05 Å². The number of methoxy groups -OCH3 is 2. The van der Waals surface area contributed by atoms with Gasteiger partial charge in [0.2, 0.25) is 0 Å². The van der Waals surface area contributed by atoms with E-state index >= 15 is 0 Å². The van der Waals surface area contributed by atoms with Crippen molar-refractivity contribution in [3.8, 4) is 0 Å². The number of nitrogens with one attached hydrogen (secondary N) is 1. The molecule has 2 rings (SSSR count). The number of carbonyl (C=O) groups excluding carboxylic acids is 3. The number of carbonyl (C=O) groups is 3. The quantitative estimate of drug-likeness (QED) is 0.852. The van der Waals surface area contributed by atoms with Crippen LogP contribution >= 0.6 is 0 Å². The van der Waals surface area contributed by atoms with E-state index in [0.717, 1.165) is 0 Å². The number of hydrogen-bond donors (Lipinski definition) is 1. The van der Waals surface area contributed by atoms with Crippen molar-refractivity contribution in [2.75, 3.05) is 19.5 Å². The van der Waals surface area contributed by atoms with Crippen LogP contribution < -0.4 is 5.32 Å². The predicted octanol–water partition coefficient (Wildman–Crippen LogP) is 1.25. The molecule has 0 bridgehead atoms. The van der Waals surface area contributed by atoms with E-state index in [2.05, 4.69) is 19.9 Å². The van der Waals surface area contributed by atoms with Crippen molar-refractivity contribution in [2.45, 2.75) is 0 Å². The number of nitrogens with zero attached hydrogens (tertiary/aromatic N) is 2. The first kappa shape index (κ1) is 16.2. The molecule has 8 heteroatoms. The second kappa shape index (κ2) is 6.73. The number of aryl methyl sites for hydroxylation is 1. The Morgan fingerprint density at radius 3 is 2.13 bits per heavy atom. The molecule has 0 aliphatic carbocycles. The number of esters is 2. The maximum atomic E-state index is 12.2. The summed E-state index contributed by atoms with van der Waals surface area (Å²) in [4.78, 5) is 35.2. The van der Waals surface area contributed by atoms with Crippen LogP contribution in [0.5, 0.6) is 0 Å². The van der Waals surface area contributed by atoms with E-state index < -0.39 is 17.8 Å². The number of benzene rings is 1. The number of ether oxygens (including phenoxy) is 2. The van der Waals surface area contributed by atoms with E-state index in [1.807, 2.05) is 0 Å². The minimum absolute atomic E-state index is 0.00882. The van der Waals surface area contributed by atoms with Crippen LogP contribution in [0.3, 0.4) is 0 Å². The van der Waals surface area contributed by atoms with Gasteiger partial charge in [0.05, 0.1) is 25.5 Å². The Labute approximate surface area is 132 Å². The number of aromatic nitrogens is 2. The highest BCUT2D eigenvalue weighted by Crippen LogP contribution is 2.16. The van der Waals surface area contributed by atoms with Crippen LogP contribution in [0.15, 0.2) is 30.5 Å². The highest BCUT2D eigenvalue weighted by atomic mass is 16.5. The third-order valence-electron chi connectivity index (χ3n) is 3.02. The van der Waals surface area contributed by atoms with E-state index in [9.17, 15) is 14.4 Å². The average Bonchev–Trinajstić information content (AvgIpc) is 2.93. The lowest BCUT2D eigenvalue weighted by Gasteiger charge is -2.05. The molecule has 1 N–H and O–H groups in total. The second-order valence-electron chi connectivity index (χ2n) is 4.58. The monoisotopic (exact) mass is 317 g/mol. The summed E-state index contributed by atoms with van der Waals surface area (Å²) in [5.41, 5.74) is 0.897. The SMILES string of the molecule is COC(=O)c1ccc(C(=O)Nc2cn(C)nc2C(=O)OC)cc1. The van der Waals surface area contributed by atoms with E-state index in [0.29, 0.717) is 11.1 Å². The van der Waals surface area contributed by atoms with Crippen LogP contribution in [-0.4, -0.2) is 41.8 Å². The molecule has 23 heavy (non-hydrogen) atoms. The first-order valence-corrected chi connectivity index (χ1v) is 6.58. The summed E-state index contributed by atoms with van der Waals surface area (Å²) in [6.45, 7) is 0. The van der Waals surface area contributed by atoms with Gasteiger partial charge in [0.25, 0.3) is 5.91 Å². The lowest BCUT2D eigenvalue weighted by molar-refractivity contribution is 0.0588. The van der Waals surface area contributed by atoms with Gasteiger partial charge in [0.1, 0.15) is 0 Å². The number of amides is 1. The summed E-state index contributed by atoms with van der Waals surface area (Å²) >= 11 is 0. The topological polar surface area (TPSA) is 99.5 Å². The molecule has 1 heterocycles. The summed E-state index contributed by atoms with van der Waals surface area (Å²) < 4.78 is 10.6. The zero-order chi connectivity index (χ0) is 17.0. The summed E-state index contributed by atoms with van der Waals surface area (Å²) in [6, 6.07) is 5.92. The van der Waals surface area contributed by atoms with Crippen LogP contribution in [0.1, 0.15) is 31.2 Å². The van der Waals surface area contributed by atoms with E-state index in [-0.39, 0.29) is 11.4 Å². The Hall–Kier alpha value is -3.16. The van der Waals surface area contributed by atoms with Crippen molar-refractivity contribution in [3.05, 3.63) is 47.3 Å². The highest BCUT2D eigenvalue weighted by molar-refractivity contribution is 6.07. The molecule has 0 spiro atoms. The Balaban J connectivity index is 2.19. The molecule has 120 valence electrons. The molecule has 1 aromatic heterocycles. The first-order valence-electron chi connectivity index (χ1n) is 6.58. The average molecular weight is 317 g/mol. The second-order valence-corrected chi connectivity index (χ2v) is 4.58. The van der Waals surface area contributed by atoms with Gasteiger partial charge in [-0.25, -0.2) is 9.59 Å². The molecule has 1 amide bonds. The molecule has 1 aromatic carbocycles. The third-order valence-corrected chi connectivity index (χ3v) is 3.02. The number of anilines is 1. The molecule has 0 saturated carbocycles. The molecule has 0 aliphatic rings. The van der Waals surface area contributed by atoms with Gasteiger partial charge < -0.3 is 14.8 Å². The summed E-state index contributed by atoms with van der Waals surface area (Å²) in [5, 5.41) is 6.53. The molecule has 0 radical (unpaired) electrons. The van der Waals surface area contributed by atoms with Gasteiger partial charge in [-0.15, -0.1) is 0 Å². The smallest absolute Gasteiger partial charge is 0.360 e. The molecule has 2 aromatic rings. The van der Waals surface area contributed by atoms with E-state index in [4.69, 9.17) is 0 Å². The standard InChI is InChI=1S/C15H15N3O5/c1-18-8-11(12(17-18)15(21)23-3)16-13(19)9-4-6-10(7-5-9)14(20)22-2/h4-8H,1-3H3,(H,16,19). The van der Waals surface area contributed by atoms with Crippen LogP contribution in [0.2, 0.25) is 0 Å². The van der Waals surface area contributed by atoms with Crippen molar-refractivity contribution >= 4 is 23.5 Å². The van der Waals surface area contributed by atoms with Gasteiger partial charge in [-0.2, -0.15) is 5.10 Å². The minimum Gasteiger partial charge on any atom is -0.465 e. The summed E-state index contributed by atoms with van der Waals surface area (Å²) in [5.74, 6) is -1.58. The van der Waals surface area contributed by atoms with E-state index in [1.54, 1.807) is 7.05 Å². The van der Waals surface area contributed by atoms with Crippen LogP contribution in [0, 0.1) is 0 Å². The van der Waals surface area contributed by atoms with Crippen LogP contribution in [-0.2, 0) is 16.5 Å². The lowest BCUT2D eigenvalue weighted by Crippen LogP contribution is -2.15. The highest BCUT2D eigenvalue weighted by Gasteiger charge is 2.19. The zero-order valence-corrected chi connectivity index (χ0v) is 12.8. The van der Waals surface area contributed by atoms with E-state index in [1.165, 1.54) is 49.4 Å². The van der Waals surface area contributed by atoms with Gasteiger partial charge in [0.15, 0.2) is 5.69 Å². The van der Waals surface area contributed by atoms with Crippen LogP contribution in [0.4, 0.5) is 5.69 Å². The summed E-state index contributed by atoms with van der Waals surface area (Å²) in [6.07, 6.45) is 1.49. The molecule has 0 atom stereocenters. The lowest BCUT2D eigenvalue weighted by atomic mass is 10.1. The Morgan fingerprint density at radius 2 is 1.57 bits per heavy atom. The number of rotatable bonds is 4. The molecular formula is C15H15N3O5.